The zero-order valence-electron chi connectivity index (χ0n) is 15.1. The number of amides is 2. The minimum absolute atomic E-state index is 0.117. The molecular formula is C20H14F4N2O4. The Kier molecular flexibility index (Phi) is 6.05. The van der Waals surface area contributed by atoms with Crippen LogP contribution < -0.4 is 15.4 Å². The van der Waals surface area contributed by atoms with E-state index in [-0.39, 0.29) is 17.0 Å². The van der Waals surface area contributed by atoms with Crippen molar-refractivity contribution >= 4 is 23.2 Å². The van der Waals surface area contributed by atoms with Crippen molar-refractivity contribution < 1.29 is 36.3 Å². The van der Waals surface area contributed by atoms with Gasteiger partial charge in [0.1, 0.15) is 17.8 Å². The van der Waals surface area contributed by atoms with E-state index in [1.165, 1.54) is 30.5 Å². The van der Waals surface area contributed by atoms with E-state index in [0.29, 0.717) is 6.07 Å². The molecule has 1 aromatic heterocycles. The van der Waals surface area contributed by atoms with Crippen molar-refractivity contribution in [3.8, 4) is 5.75 Å². The highest BCUT2D eigenvalue weighted by molar-refractivity contribution is 6.04. The third-order valence-electron chi connectivity index (χ3n) is 3.82. The van der Waals surface area contributed by atoms with Gasteiger partial charge in [0.2, 0.25) is 0 Å². The number of furan rings is 1. The summed E-state index contributed by atoms with van der Waals surface area (Å²) in [5.41, 5.74) is -1.63. The van der Waals surface area contributed by atoms with Crippen LogP contribution in [-0.2, 0) is 11.0 Å². The Morgan fingerprint density at radius 2 is 1.73 bits per heavy atom. The van der Waals surface area contributed by atoms with E-state index in [0.717, 1.165) is 24.5 Å². The number of alkyl halides is 3. The monoisotopic (exact) mass is 422 g/mol. The summed E-state index contributed by atoms with van der Waals surface area (Å²) >= 11 is 0. The highest BCUT2D eigenvalue weighted by Crippen LogP contribution is 2.36. The number of hydrogen-bond acceptors (Lipinski definition) is 4. The molecule has 0 bridgehead atoms. The summed E-state index contributed by atoms with van der Waals surface area (Å²) in [7, 11) is 0. The third kappa shape index (κ3) is 5.37. The largest absolute Gasteiger partial charge is 0.484 e. The molecule has 1 heterocycles. The topological polar surface area (TPSA) is 80.6 Å². The zero-order chi connectivity index (χ0) is 21.7. The predicted octanol–water partition coefficient (Wildman–Crippen LogP) is 4.71. The van der Waals surface area contributed by atoms with Gasteiger partial charge in [-0.25, -0.2) is 4.39 Å². The molecule has 0 fully saturated rings. The lowest BCUT2D eigenvalue weighted by Crippen LogP contribution is -2.22. The van der Waals surface area contributed by atoms with Gasteiger partial charge in [-0.1, -0.05) is 0 Å². The number of nitrogens with one attached hydrogen (secondary N) is 2. The van der Waals surface area contributed by atoms with Crippen LogP contribution in [0.5, 0.6) is 5.75 Å². The number of halogens is 4. The number of rotatable bonds is 6. The Hall–Kier alpha value is -3.82. The summed E-state index contributed by atoms with van der Waals surface area (Å²) in [6.45, 7) is -0.581. The number of carbonyl (C=O) groups excluding carboxylic acids is 2. The summed E-state index contributed by atoms with van der Waals surface area (Å²) in [6.07, 6.45) is -2.39. The summed E-state index contributed by atoms with van der Waals surface area (Å²) < 4.78 is 63.0. The van der Waals surface area contributed by atoms with Gasteiger partial charge in [0.15, 0.2) is 6.61 Å². The molecule has 2 amide bonds. The SMILES string of the molecule is O=C(COc1ccc(F)cc1)Nc1ccc(NC(=O)c2ccoc2)cc1C(F)(F)F. The first-order chi connectivity index (χ1) is 14.2. The first-order valence-corrected chi connectivity index (χ1v) is 8.45. The smallest absolute Gasteiger partial charge is 0.418 e. The molecular weight excluding hydrogens is 408 g/mol. The van der Waals surface area contributed by atoms with Crippen LogP contribution in [0, 0.1) is 5.82 Å². The van der Waals surface area contributed by atoms with E-state index < -0.39 is 41.7 Å². The Labute approximate surface area is 167 Å². The van der Waals surface area contributed by atoms with Crippen LogP contribution in [0.1, 0.15) is 15.9 Å². The maximum Gasteiger partial charge on any atom is 0.418 e. The lowest BCUT2D eigenvalue weighted by atomic mass is 10.1. The summed E-state index contributed by atoms with van der Waals surface area (Å²) in [4.78, 5) is 24.0. The van der Waals surface area contributed by atoms with E-state index >= 15 is 0 Å². The first kappa shape index (κ1) is 20.9. The number of carbonyl (C=O) groups is 2. The Bertz CT molecular complexity index is 1030. The quantitative estimate of drug-likeness (QED) is 0.564. The standard InChI is InChI=1S/C20H14F4N2O4/c21-13-1-4-15(5-2-13)30-11-18(27)26-17-6-3-14(9-16(17)20(22,23)24)25-19(28)12-7-8-29-10-12/h1-10H,11H2,(H,25,28)(H,26,27). The average Bonchev–Trinajstić information content (AvgIpc) is 3.23. The van der Waals surface area contributed by atoms with Crippen LogP contribution in [-0.4, -0.2) is 18.4 Å². The van der Waals surface area contributed by atoms with Gasteiger partial charge >= 0.3 is 6.18 Å². The van der Waals surface area contributed by atoms with Gasteiger partial charge in [-0.3, -0.25) is 9.59 Å². The molecule has 0 aliphatic rings. The molecule has 0 radical (unpaired) electrons. The molecule has 6 nitrogen and oxygen atoms in total. The third-order valence-corrected chi connectivity index (χ3v) is 3.82. The second-order valence-corrected chi connectivity index (χ2v) is 6.02. The lowest BCUT2D eigenvalue weighted by molar-refractivity contribution is -0.137. The van der Waals surface area contributed by atoms with E-state index in [2.05, 4.69) is 10.6 Å². The molecule has 0 spiro atoms. The van der Waals surface area contributed by atoms with E-state index in [4.69, 9.17) is 9.15 Å². The second-order valence-electron chi connectivity index (χ2n) is 6.02. The molecule has 0 saturated carbocycles. The molecule has 0 atom stereocenters. The maximum atomic E-state index is 13.4. The van der Waals surface area contributed by atoms with E-state index in [1.807, 2.05) is 0 Å². The predicted molar refractivity (Wildman–Crippen MR) is 98.6 cm³/mol. The fourth-order valence-corrected chi connectivity index (χ4v) is 2.43. The second kappa shape index (κ2) is 8.68. The molecule has 0 aliphatic carbocycles. The molecule has 3 rings (SSSR count). The maximum absolute atomic E-state index is 13.4. The molecule has 30 heavy (non-hydrogen) atoms. The molecule has 0 aliphatic heterocycles. The number of anilines is 2. The minimum Gasteiger partial charge on any atom is -0.484 e. The van der Waals surface area contributed by atoms with Crippen molar-refractivity contribution in [3.63, 3.8) is 0 Å². The molecule has 2 N–H and O–H groups in total. The van der Waals surface area contributed by atoms with Crippen LogP contribution >= 0.6 is 0 Å². The van der Waals surface area contributed by atoms with Crippen molar-refractivity contribution in [2.45, 2.75) is 6.18 Å². The Morgan fingerprint density at radius 3 is 2.37 bits per heavy atom. The van der Waals surface area contributed by atoms with Crippen LogP contribution in [0.4, 0.5) is 28.9 Å². The van der Waals surface area contributed by atoms with Gasteiger partial charge in [-0.15, -0.1) is 0 Å². The van der Waals surface area contributed by atoms with Gasteiger partial charge in [0.05, 0.1) is 23.1 Å². The van der Waals surface area contributed by atoms with Gasteiger partial charge < -0.3 is 19.8 Å². The lowest BCUT2D eigenvalue weighted by Gasteiger charge is -2.16. The highest BCUT2D eigenvalue weighted by Gasteiger charge is 2.34. The van der Waals surface area contributed by atoms with E-state index in [1.54, 1.807) is 0 Å². The summed E-state index contributed by atoms with van der Waals surface area (Å²) in [5, 5.41) is 4.44. The fourth-order valence-electron chi connectivity index (χ4n) is 2.43. The highest BCUT2D eigenvalue weighted by atomic mass is 19.4. The van der Waals surface area contributed by atoms with Gasteiger partial charge in [0, 0.05) is 5.69 Å². The van der Waals surface area contributed by atoms with Crippen molar-refractivity contribution in [3.05, 3.63) is 78.0 Å². The van der Waals surface area contributed by atoms with Crippen molar-refractivity contribution in [1.29, 1.82) is 0 Å². The number of ether oxygens (including phenoxy) is 1. The van der Waals surface area contributed by atoms with Crippen LogP contribution in [0.3, 0.4) is 0 Å². The Morgan fingerprint density at radius 1 is 1.00 bits per heavy atom. The summed E-state index contributed by atoms with van der Waals surface area (Å²) in [6, 6.07) is 9.08. The Balaban J connectivity index is 1.71. The normalized spacial score (nSPS) is 11.1. The first-order valence-electron chi connectivity index (χ1n) is 8.45. The van der Waals surface area contributed by atoms with Crippen LogP contribution in [0.25, 0.3) is 0 Å². The molecule has 0 unspecified atom stereocenters. The van der Waals surface area contributed by atoms with Crippen molar-refractivity contribution in [2.75, 3.05) is 17.2 Å². The van der Waals surface area contributed by atoms with Crippen LogP contribution in [0.2, 0.25) is 0 Å². The molecule has 3 aromatic rings. The summed E-state index contributed by atoms with van der Waals surface area (Å²) in [5.74, 6) is -1.82. The van der Waals surface area contributed by atoms with Crippen molar-refractivity contribution in [1.82, 2.24) is 0 Å². The minimum atomic E-state index is -4.79. The van der Waals surface area contributed by atoms with E-state index in [9.17, 15) is 27.2 Å². The molecule has 156 valence electrons. The van der Waals surface area contributed by atoms with Crippen molar-refractivity contribution in [2.24, 2.45) is 0 Å². The van der Waals surface area contributed by atoms with Gasteiger partial charge in [0.25, 0.3) is 11.8 Å². The van der Waals surface area contributed by atoms with Crippen LogP contribution in [0.15, 0.2) is 65.5 Å². The van der Waals surface area contributed by atoms with Gasteiger partial charge in [-0.05, 0) is 48.5 Å². The molecule has 2 aromatic carbocycles. The average molecular weight is 422 g/mol. The number of benzene rings is 2. The fraction of sp³-hybridized carbons (Fsp3) is 0.100. The molecule has 0 saturated heterocycles. The molecule has 10 heteroatoms. The zero-order valence-corrected chi connectivity index (χ0v) is 15.1. The van der Waals surface area contributed by atoms with Gasteiger partial charge in [-0.2, -0.15) is 13.2 Å². The number of hydrogen-bond donors (Lipinski definition) is 2.